The number of rotatable bonds is 3. The predicted octanol–water partition coefficient (Wildman–Crippen LogP) is -0.0132. The van der Waals surface area contributed by atoms with Gasteiger partial charge in [0.05, 0.1) is 10.6 Å². The van der Waals surface area contributed by atoms with Crippen LogP contribution in [0.2, 0.25) is 0 Å². The van der Waals surface area contributed by atoms with Crippen molar-refractivity contribution >= 4 is 21.6 Å². The van der Waals surface area contributed by atoms with Crippen LogP contribution < -0.4 is 15.8 Å². The first-order valence-corrected chi connectivity index (χ1v) is 8.21. The maximum Gasteiger partial charge on any atom is 0.262 e. The third kappa shape index (κ3) is 2.61. The van der Waals surface area contributed by atoms with E-state index in [1.165, 1.54) is 16.4 Å². The Morgan fingerprint density at radius 2 is 2.24 bits per heavy atom. The van der Waals surface area contributed by atoms with E-state index in [2.05, 4.69) is 5.32 Å². The summed E-state index contributed by atoms with van der Waals surface area (Å²) in [6.07, 6.45) is 0.778. The van der Waals surface area contributed by atoms with Gasteiger partial charge in [0.25, 0.3) is 5.91 Å². The van der Waals surface area contributed by atoms with Gasteiger partial charge in [0, 0.05) is 13.1 Å². The largest absolute Gasteiger partial charge is 0.482 e. The van der Waals surface area contributed by atoms with Gasteiger partial charge in [-0.05, 0) is 37.1 Å². The Kier molecular flexibility index (Phi) is 3.60. The van der Waals surface area contributed by atoms with Crippen molar-refractivity contribution in [3.8, 4) is 5.75 Å². The molecular formula is C13H17N3O4S. The lowest BCUT2D eigenvalue weighted by Gasteiger charge is -2.20. The second-order valence-corrected chi connectivity index (χ2v) is 7.19. The smallest absolute Gasteiger partial charge is 0.262 e. The third-order valence-electron chi connectivity index (χ3n) is 3.80. The maximum atomic E-state index is 12.6. The number of amides is 1. The quantitative estimate of drug-likeness (QED) is 0.817. The number of anilines is 1. The summed E-state index contributed by atoms with van der Waals surface area (Å²) in [5.41, 5.74) is 5.99. The van der Waals surface area contributed by atoms with Gasteiger partial charge in [-0.1, -0.05) is 0 Å². The minimum Gasteiger partial charge on any atom is -0.482 e. The van der Waals surface area contributed by atoms with Gasteiger partial charge < -0.3 is 15.8 Å². The normalized spacial score (nSPS) is 22.5. The molecule has 0 aromatic heterocycles. The number of carbonyl (C=O) groups is 1. The molecule has 3 rings (SSSR count). The van der Waals surface area contributed by atoms with E-state index in [9.17, 15) is 13.2 Å². The zero-order valence-corrected chi connectivity index (χ0v) is 12.2. The molecule has 1 amide bonds. The Labute approximate surface area is 123 Å². The highest BCUT2D eigenvalue weighted by Gasteiger charge is 2.32. The molecule has 1 unspecified atom stereocenters. The summed E-state index contributed by atoms with van der Waals surface area (Å²) in [6, 6.07) is 4.51. The highest BCUT2D eigenvalue weighted by molar-refractivity contribution is 7.89. The molecule has 2 aliphatic heterocycles. The van der Waals surface area contributed by atoms with Crippen LogP contribution in [-0.2, 0) is 14.8 Å². The second-order valence-electron chi connectivity index (χ2n) is 5.25. The highest BCUT2D eigenvalue weighted by atomic mass is 32.2. The summed E-state index contributed by atoms with van der Waals surface area (Å²) in [5, 5.41) is 2.62. The average molecular weight is 311 g/mol. The van der Waals surface area contributed by atoms with Crippen molar-refractivity contribution in [3.63, 3.8) is 0 Å². The molecule has 21 heavy (non-hydrogen) atoms. The lowest BCUT2D eigenvalue weighted by molar-refractivity contribution is -0.118. The molecule has 1 atom stereocenters. The molecule has 1 saturated heterocycles. The van der Waals surface area contributed by atoms with Crippen molar-refractivity contribution < 1.29 is 17.9 Å². The number of hydrogen-bond donors (Lipinski definition) is 2. The van der Waals surface area contributed by atoms with Crippen LogP contribution in [0.5, 0.6) is 5.75 Å². The van der Waals surface area contributed by atoms with Gasteiger partial charge in [-0.25, -0.2) is 8.42 Å². The SMILES string of the molecule is NCC1CCN(S(=O)(=O)c2ccc3c(c2)NC(=O)CO3)C1. The highest BCUT2D eigenvalue weighted by Crippen LogP contribution is 2.32. The summed E-state index contributed by atoms with van der Waals surface area (Å²) in [4.78, 5) is 11.5. The molecule has 1 aromatic rings. The number of ether oxygens (including phenoxy) is 1. The zero-order valence-electron chi connectivity index (χ0n) is 11.4. The second kappa shape index (κ2) is 5.28. The fraction of sp³-hybridized carbons (Fsp3) is 0.462. The molecule has 2 aliphatic rings. The fourth-order valence-corrected chi connectivity index (χ4v) is 4.14. The summed E-state index contributed by atoms with van der Waals surface area (Å²) < 4.78 is 31.9. The van der Waals surface area contributed by atoms with Crippen LogP contribution >= 0.6 is 0 Å². The number of nitrogens with one attached hydrogen (secondary N) is 1. The number of nitrogens with two attached hydrogens (primary N) is 1. The molecule has 0 aliphatic carbocycles. The van der Waals surface area contributed by atoms with Gasteiger partial charge in [0.1, 0.15) is 5.75 Å². The topological polar surface area (TPSA) is 102 Å². The predicted molar refractivity (Wildman–Crippen MR) is 76.5 cm³/mol. The lowest BCUT2D eigenvalue weighted by Crippen LogP contribution is -2.30. The third-order valence-corrected chi connectivity index (χ3v) is 5.66. The first kappa shape index (κ1) is 14.3. The molecule has 1 fully saturated rings. The van der Waals surface area contributed by atoms with Gasteiger partial charge in [-0.15, -0.1) is 0 Å². The van der Waals surface area contributed by atoms with Crippen LogP contribution in [0.3, 0.4) is 0 Å². The van der Waals surface area contributed by atoms with Gasteiger partial charge in [0.2, 0.25) is 10.0 Å². The number of hydrogen-bond acceptors (Lipinski definition) is 5. The molecule has 0 radical (unpaired) electrons. The maximum absolute atomic E-state index is 12.6. The minimum absolute atomic E-state index is 0.0522. The summed E-state index contributed by atoms with van der Waals surface area (Å²) >= 11 is 0. The molecule has 7 nitrogen and oxygen atoms in total. The average Bonchev–Trinajstić information content (AvgIpc) is 2.96. The number of fused-ring (bicyclic) bond motifs is 1. The molecule has 2 heterocycles. The van der Waals surface area contributed by atoms with Crippen molar-refractivity contribution in [2.75, 3.05) is 31.6 Å². The van der Waals surface area contributed by atoms with Gasteiger partial charge in [-0.2, -0.15) is 4.31 Å². The van der Waals surface area contributed by atoms with E-state index in [0.717, 1.165) is 6.42 Å². The molecular weight excluding hydrogens is 294 g/mol. The number of sulfonamides is 1. The zero-order chi connectivity index (χ0) is 15.0. The fourth-order valence-electron chi connectivity index (χ4n) is 2.58. The van der Waals surface area contributed by atoms with Crippen molar-refractivity contribution in [2.45, 2.75) is 11.3 Å². The number of carbonyl (C=O) groups excluding carboxylic acids is 1. The Morgan fingerprint density at radius 3 is 2.95 bits per heavy atom. The van der Waals surface area contributed by atoms with Gasteiger partial charge in [-0.3, -0.25) is 4.79 Å². The van der Waals surface area contributed by atoms with Crippen molar-refractivity contribution in [1.29, 1.82) is 0 Å². The van der Waals surface area contributed by atoms with E-state index in [1.807, 2.05) is 0 Å². The van der Waals surface area contributed by atoms with Crippen LogP contribution in [0.1, 0.15) is 6.42 Å². The van der Waals surface area contributed by atoms with E-state index < -0.39 is 10.0 Å². The van der Waals surface area contributed by atoms with E-state index in [0.29, 0.717) is 31.1 Å². The molecule has 0 spiro atoms. The molecule has 8 heteroatoms. The van der Waals surface area contributed by atoms with E-state index in [1.54, 1.807) is 6.07 Å². The summed E-state index contributed by atoms with van der Waals surface area (Å²) in [7, 11) is -3.56. The van der Waals surface area contributed by atoms with E-state index >= 15 is 0 Å². The van der Waals surface area contributed by atoms with Crippen LogP contribution in [-0.4, -0.2) is 44.9 Å². The lowest BCUT2D eigenvalue weighted by atomic mass is 10.1. The van der Waals surface area contributed by atoms with Crippen LogP contribution in [0.25, 0.3) is 0 Å². The molecule has 0 bridgehead atoms. The molecule has 1 aromatic carbocycles. The van der Waals surface area contributed by atoms with E-state index in [4.69, 9.17) is 10.5 Å². The van der Waals surface area contributed by atoms with Crippen LogP contribution in [0.4, 0.5) is 5.69 Å². The first-order chi connectivity index (χ1) is 10.0. The molecule has 114 valence electrons. The number of benzene rings is 1. The Hall–Kier alpha value is -1.64. The minimum atomic E-state index is -3.56. The van der Waals surface area contributed by atoms with E-state index in [-0.39, 0.29) is 23.3 Å². The van der Waals surface area contributed by atoms with Crippen molar-refractivity contribution in [3.05, 3.63) is 18.2 Å². The standard InChI is InChI=1S/C13H17N3O4S/c14-6-9-3-4-16(7-9)21(18,19)10-1-2-12-11(5-10)15-13(17)8-20-12/h1-2,5,9H,3-4,6-8,14H2,(H,15,17). The summed E-state index contributed by atoms with van der Waals surface area (Å²) in [5.74, 6) is 0.400. The van der Waals surface area contributed by atoms with Gasteiger partial charge >= 0.3 is 0 Å². The monoisotopic (exact) mass is 311 g/mol. The number of nitrogens with zero attached hydrogens (tertiary/aromatic N) is 1. The first-order valence-electron chi connectivity index (χ1n) is 6.77. The molecule has 3 N–H and O–H groups in total. The Morgan fingerprint density at radius 1 is 1.43 bits per heavy atom. The van der Waals surface area contributed by atoms with Crippen LogP contribution in [0.15, 0.2) is 23.1 Å². The van der Waals surface area contributed by atoms with Crippen molar-refractivity contribution in [1.82, 2.24) is 4.31 Å². The van der Waals surface area contributed by atoms with Crippen molar-refractivity contribution in [2.24, 2.45) is 11.7 Å². The summed E-state index contributed by atoms with van der Waals surface area (Å²) in [6.45, 7) is 1.35. The van der Waals surface area contributed by atoms with Crippen LogP contribution in [0, 0.1) is 5.92 Å². The molecule has 0 saturated carbocycles. The Bertz CT molecular complexity index is 674. The van der Waals surface area contributed by atoms with Gasteiger partial charge in [0.15, 0.2) is 6.61 Å². The Balaban J connectivity index is 1.89.